The van der Waals surface area contributed by atoms with Crippen molar-refractivity contribution in [2.24, 2.45) is 0 Å². The fourth-order valence-corrected chi connectivity index (χ4v) is 3.71. The molecular weight excluding hydrogens is 504 g/mol. The number of carboxylic acid groups (broad SMARTS) is 2. The van der Waals surface area contributed by atoms with Crippen LogP contribution >= 0.6 is 0 Å². The molecule has 2 rings (SSSR count). The molecule has 12 heteroatoms. The van der Waals surface area contributed by atoms with Crippen molar-refractivity contribution in [2.45, 2.75) is 32.3 Å². The second kappa shape index (κ2) is 14.6. The number of hydrogen-bond donors (Lipinski definition) is 7. The number of aliphatic carboxylic acids is 2. The minimum absolute atomic E-state index is 0. The summed E-state index contributed by atoms with van der Waals surface area (Å²) in [6, 6.07) is 8.55. The van der Waals surface area contributed by atoms with Crippen molar-refractivity contribution < 1.29 is 62.4 Å². The van der Waals surface area contributed by atoms with Gasteiger partial charge in [0.25, 0.3) is 0 Å². The van der Waals surface area contributed by atoms with Crippen molar-refractivity contribution in [3.63, 3.8) is 0 Å². The van der Waals surface area contributed by atoms with E-state index in [2.05, 4.69) is 0 Å². The van der Waals surface area contributed by atoms with Gasteiger partial charge in [-0.3, -0.25) is 19.4 Å². The Labute approximate surface area is 213 Å². The zero-order valence-corrected chi connectivity index (χ0v) is 20.0. The average molecular weight is 534 g/mol. The molecule has 0 aromatic heterocycles. The van der Waals surface area contributed by atoms with Crippen LogP contribution in [-0.2, 0) is 53.0 Å². The van der Waals surface area contributed by atoms with Crippen LogP contribution in [0, 0.1) is 0 Å². The largest absolute Gasteiger partial charge is 2.00 e. The van der Waals surface area contributed by atoms with Gasteiger partial charge in [0.05, 0.1) is 32.9 Å². The van der Waals surface area contributed by atoms with Crippen molar-refractivity contribution in [3.8, 4) is 11.5 Å². The van der Waals surface area contributed by atoms with Crippen LogP contribution in [0.15, 0.2) is 36.4 Å². The van der Waals surface area contributed by atoms with Crippen molar-refractivity contribution >= 4 is 11.9 Å². The van der Waals surface area contributed by atoms with Crippen molar-refractivity contribution in [1.82, 2.24) is 9.80 Å². The van der Waals surface area contributed by atoms with Crippen molar-refractivity contribution in [1.29, 1.82) is 0 Å². The van der Waals surface area contributed by atoms with Gasteiger partial charge in [-0.25, -0.2) is 0 Å². The van der Waals surface area contributed by atoms with E-state index in [-0.39, 0.29) is 59.3 Å². The van der Waals surface area contributed by atoms with E-state index in [1.165, 1.54) is 21.9 Å². The first-order valence-electron chi connectivity index (χ1n) is 10.5. The second-order valence-corrected chi connectivity index (χ2v) is 7.86. The topological polar surface area (TPSA) is 182 Å². The van der Waals surface area contributed by atoms with Crippen LogP contribution in [0.5, 0.6) is 11.5 Å². The van der Waals surface area contributed by atoms with Crippen LogP contribution in [0.3, 0.4) is 0 Å². The van der Waals surface area contributed by atoms with Gasteiger partial charge in [0.15, 0.2) is 0 Å². The van der Waals surface area contributed by atoms with E-state index >= 15 is 0 Å². The summed E-state index contributed by atoms with van der Waals surface area (Å²) >= 11 is 0. The molecule has 0 spiro atoms. The molecule has 0 bridgehead atoms. The Kier molecular flexibility index (Phi) is 12.7. The number of hydrogen-bond acceptors (Lipinski definition) is 9. The summed E-state index contributed by atoms with van der Waals surface area (Å²) in [7, 11) is 0. The van der Waals surface area contributed by atoms with Gasteiger partial charge in [-0.05, 0) is 0 Å². The van der Waals surface area contributed by atoms with Gasteiger partial charge in [-0.15, -0.1) is 0 Å². The van der Waals surface area contributed by atoms with Crippen molar-refractivity contribution in [3.05, 3.63) is 58.7 Å². The molecule has 192 valence electrons. The summed E-state index contributed by atoms with van der Waals surface area (Å²) in [5, 5.41) is 68.3. The molecule has 0 amide bonds. The molecule has 0 saturated heterocycles. The molecule has 1 atom stereocenters. The summed E-state index contributed by atoms with van der Waals surface area (Å²) < 4.78 is 0. The maximum Gasteiger partial charge on any atom is 2.00 e. The minimum Gasteiger partial charge on any atom is -0.507 e. The summed E-state index contributed by atoms with van der Waals surface area (Å²) in [5.74, 6) is -2.71. The van der Waals surface area contributed by atoms with Gasteiger partial charge in [-0.2, -0.15) is 0 Å². The number of phenols is 2. The van der Waals surface area contributed by atoms with Crippen LogP contribution in [-0.4, -0.2) is 89.8 Å². The summed E-state index contributed by atoms with van der Waals surface area (Å²) in [6.07, 6.45) is 0. The Morgan fingerprint density at radius 3 is 1.63 bits per heavy atom. The normalized spacial score (nSPS) is 11.9. The van der Waals surface area contributed by atoms with Gasteiger partial charge in [-0.1, -0.05) is 36.4 Å². The first kappa shape index (κ1) is 30.3. The number of carboxylic acids is 2. The number of benzene rings is 2. The molecule has 2 aromatic carbocycles. The Balaban J connectivity index is 0.00000612. The Morgan fingerprint density at radius 2 is 1.20 bits per heavy atom. The maximum absolute atomic E-state index is 11.5. The molecule has 11 nitrogen and oxygen atoms in total. The fourth-order valence-electron chi connectivity index (χ4n) is 3.71. The molecule has 0 saturated carbocycles. The monoisotopic (exact) mass is 534 g/mol. The van der Waals surface area contributed by atoms with Crippen LogP contribution in [0.1, 0.15) is 22.3 Å². The molecule has 0 aliphatic heterocycles. The second-order valence-electron chi connectivity index (χ2n) is 7.86. The van der Waals surface area contributed by atoms with Crippen LogP contribution in [0.4, 0.5) is 0 Å². The Morgan fingerprint density at radius 1 is 0.743 bits per heavy atom. The minimum atomic E-state index is -1.19. The molecule has 0 radical (unpaired) electrons. The van der Waals surface area contributed by atoms with Gasteiger partial charge >= 0.3 is 29.0 Å². The summed E-state index contributed by atoms with van der Waals surface area (Å²) in [5.41, 5.74) is 1.24. The van der Waals surface area contributed by atoms with E-state index in [9.17, 15) is 45.3 Å². The van der Waals surface area contributed by atoms with Gasteiger partial charge in [0.2, 0.25) is 0 Å². The third kappa shape index (κ3) is 8.79. The average Bonchev–Trinajstić information content (AvgIpc) is 2.78. The quantitative estimate of drug-likeness (QED) is 0.161. The Hall–Kier alpha value is -2.70. The molecule has 0 fully saturated rings. The third-order valence-corrected chi connectivity index (χ3v) is 5.41. The molecule has 0 aliphatic rings. The first-order chi connectivity index (χ1) is 16.2. The van der Waals surface area contributed by atoms with Crippen LogP contribution in [0.25, 0.3) is 0 Å². The Bertz CT molecular complexity index is 989. The van der Waals surface area contributed by atoms with Gasteiger partial charge in [0, 0.05) is 47.9 Å². The van der Waals surface area contributed by atoms with Crippen molar-refractivity contribution in [2.75, 3.05) is 26.2 Å². The molecular formula is C23H30FeN2O9+2. The third-order valence-electron chi connectivity index (χ3n) is 5.41. The van der Waals surface area contributed by atoms with Gasteiger partial charge in [0.1, 0.15) is 11.5 Å². The maximum atomic E-state index is 11.5. The van der Waals surface area contributed by atoms with E-state index in [4.69, 9.17) is 0 Å². The number of aliphatic hydroxyl groups excluding tert-OH is 3. The number of carbonyl (C=O) groups is 2. The molecule has 2 aromatic rings. The molecule has 7 N–H and O–H groups in total. The predicted octanol–water partition coefficient (Wildman–Crippen LogP) is -0.0858. The number of nitrogens with zero attached hydrogens (tertiary/aromatic N) is 2. The number of aliphatic hydroxyl groups is 3. The standard InChI is InChI=1S/C23H30N2O9.Fe/c26-12-17-5-1-3-15(22(17)33)7-24(10-20(29)30)9-19(14-28)25(11-21(31)32)8-16-4-2-6-18(13-27)23(16)34;/h1-6,19,26-28,33-34H,7-14H2,(H,29,30)(H,31,32);/q;+2/t19-;/m1./s1. The molecule has 35 heavy (non-hydrogen) atoms. The fraction of sp³-hybridized carbons (Fsp3) is 0.391. The van der Waals surface area contributed by atoms with Crippen LogP contribution in [0.2, 0.25) is 0 Å². The summed E-state index contributed by atoms with van der Waals surface area (Å²) in [4.78, 5) is 25.8. The van der Waals surface area contributed by atoms with Crippen LogP contribution < -0.4 is 0 Å². The van der Waals surface area contributed by atoms with Gasteiger partial charge < -0.3 is 35.7 Å². The zero-order chi connectivity index (χ0) is 25.3. The smallest absolute Gasteiger partial charge is 0.507 e. The van der Waals surface area contributed by atoms with E-state index in [1.807, 2.05) is 0 Å². The molecule has 0 heterocycles. The van der Waals surface area contributed by atoms with E-state index in [1.54, 1.807) is 24.3 Å². The number of rotatable bonds is 14. The molecule has 0 aliphatic carbocycles. The summed E-state index contributed by atoms with van der Waals surface area (Å²) in [6.45, 7) is -2.46. The van der Waals surface area contributed by atoms with E-state index < -0.39 is 50.9 Å². The van der Waals surface area contributed by atoms with E-state index in [0.29, 0.717) is 11.1 Å². The number of aromatic hydroxyl groups is 2. The first-order valence-corrected chi connectivity index (χ1v) is 10.5. The number of para-hydroxylation sites is 2. The molecule has 0 unspecified atom stereocenters. The zero-order valence-electron chi connectivity index (χ0n) is 18.9. The predicted molar refractivity (Wildman–Crippen MR) is 120 cm³/mol. The SMILES string of the molecule is O=C(O)CN(Cc1cccc(CO)c1O)C[C@H](CO)N(CC(=O)O)Cc1cccc(CO)c1O.[Fe+2]. The van der Waals surface area contributed by atoms with E-state index in [0.717, 1.165) is 0 Å².